The van der Waals surface area contributed by atoms with Crippen LogP contribution in [0, 0.1) is 12.8 Å². The van der Waals surface area contributed by atoms with Gasteiger partial charge >= 0.3 is 5.97 Å². The lowest BCUT2D eigenvalue weighted by Gasteiger charge is -2.15. The zero-order valence-electron chi connectivity index (χ0n) is 10.9. The number of carboxylic acids is 1. The van der Waals surface area contributed by atoms with E-state index in [9.17, 15) is 13.2 Å². The molecule has 1 rings (SSSR count). The fourth-order valence-electron chi connectivity index (χ4n) is 1.58. The van der Waals surface area contributed by atoms with E-state index in [4.69, 9.17) is 9.52 Å². The Kier molecular flexibility index (Phi) is 4.21. The molecule has 0 saturated heterocycles. The van der Waals surface area contributed by atoms with Gasteiger partial charge in [-0.3, -0.25) is 0 Å². The zero-order chi connectivity index (χ0) is 14.1. The quantitative estimate of drug-likeness (QED) is 0.890. The normalized spacial score (nSPS) is 13.8. The summed E-state index contributed by atoms with van der Waals surface area (Å²) in [5.41, 5.74) is 0.435. The molecule has 0 spiro atoms. The second-order valence-corrected chi connectivity index (χ2v) is 7.14. The number of rotatable bonds is 5. The fourth-order valence-corrected chi connectivity index (χ4v) is 3.21. The van der Waals surface area contributed by atoms with Crippen molar-refractivity contribution in [2.24, 2.45) is 5.92 Å². The first kappa shape index (κ1) is 14.8. The maximum atomic E-state index is 12.0. The third-order valence-electron chi connectivity index (χ3n) is 3.01. The summed E-state index contributed by atoms with van der Waals surface area (Å²) >= 11 is 0. The Morgan fingerprint density at radius 2 is 1.94 bits per heavy atom. The highest BCUT2D eigenvalue weighted by atomic mass is 32.2. The number of furan rings is 1. The number of carbonyl (C=O) groups is 1. The Hall–Kier alpha value is -1.30. The molecule has 18 heavy (non-hydrogen) atoms. The van der Waals surface area contributed by atoms with Crippen LogP contribution in [-0.4, -0.2) is 24.7 Å². The molecule has 0 aliphatic carbocycles. The Morgan fingerprint density at radius 3 is 2.33 bits per heavy atom. The second kappa shape index (κ2) is 5.14. The molecule has 1 heterocycles. The molecule has 1 N–H and O–H groups in total. The highest BCUT2D eigenvalue weighted by Gasteiger charge is 2.26. The van der Waals surface area contributed by atoms with Crippen molar-refractivity contribution >= 4 is 15.8 Å². The smallest absolute Gasteiger partial charge is 0.372 e. The lowest BCUT2D eigenvalue weighted by atomic mass is 10.2. The van der Waals surface area contributed by atoms with E-state index in [1.807, 2.05) is 13.8 Å². The lowest BCUT2D eigenvalue weighted by molar-refractivity contribution is 0.0659. The Balaban J connectivity index is 2.99. The molecule has 5 nitrogen and oxygen atoms in total. The van der Waals surface area contributed by atoms with Gasteiger partial charge in [0.15, 0.2) is 9.84 Å². The van der Waals surface area contributed by atoms with Crippen LogP contribution in [0.5, 0.6) is 0 Å². The van der Waals surface area contributed by atoms with E-state index in [0.29, 0.717) is 5.56 Å². The van der Waals surface area contributed by atoms with Gasteiger partial charge in [0.2, 0.25) is 5.76 Å². The van der Waals surface area contributed by atoms with E-state index in [1.165, 1.54) is 6.07 Å². The van der Waals surface area contributed by atoms with E-state index in [-0.39, 0.29) is 23.2 Å². The topological polar surface area (TPSA) is 84.6 Å². The minimum absolute atomic E-state index is 0.00463. The molecule has 102 valence electrons. The van der Waals surface area contributed by atoms with Crippen LogP contribution in [0.3, 0.4) is 0 Å². The minimum Gasteiger partial charge on any atom is -0.475 e. The van der Waals surface area contributed by atoms with Gasteiger partial charge in [0, 0.05) is 5.56 Å². The molecule has 1 aromatic heterocycles. The van der Waals surface area contributed by atoms with Gasteiger partial charge in [-0.1, -0.05) is 13.8 Å². The van der Waals surface area contributed by atoms with E-state index < -0.39 is 21.1 Å². The molecular formula is C12H18O5S. The molecule has 1 atom stereocenters. The van der Waals surface area contributed by atoms with Gasteiger partial charge in [0.05, 0.1) is 5.25 Å². The summed E-state index contributed by atoms with van der Waals surface area (Å²) in [6, 6.07) is 1.47. The number of aromatic carboxylic acids is 1. The molecule has 6 heteroatoms. The van der Waals surface area contributed by atoms with Crippen molar-refractivity contribution in [2.45, 2.75) is 38.7 Å². The van der Waals surface area contributed by atoms with Crippen molar-refractivity contribution in [3.63, 3.8) is 0 Å². The molecule has 0 fully saturated rings. The fraction of sp³-hybridized carbons (Fsp3) is 0.583. The van der Waals surface area contributed by atoms with E-state index in [2.05, 4.69) is 0 Å². The molecule has 0 aliphatic rings. The Morgan fingerprint density at radius 1 is 1.39 bits per heavy atom. The molecule has 0 aromatic carbocycles. The molecule has 1 unspecified atom stereocenters. The largest absolute Gasteiger partial charge is 0.475 e. The molecule has 0 aliphatic heterocycles. The average Bonchev–Trinajstić information content (AvgIpc) is 2.57. The minimum atomic E-state index is -3.33. The average molecular weight is 274 g/mol. The summed E-state index contributed by atoms with van der Waals surface area (Å²) in [6.45, 7) is 6.89. The van der Waals surface area contributed by atoms with Gasteiger partial charge in [-0.25, -0.2) is 13.2 Å². The zero-order valence-corrected chi connectivity index (χ0v) is 11.7. The predicted molar refractivity (Wildman–Crippen MR) is 67.3 cm³/mol. The molecular weight excluding hydrogens is 256 g/mol. The lowest BCUT2D eigenvalue weighted by Crippen LogP contribution is -2.24. The number of carboxylic acid groups (broad SMARTS) is 1. The van der Waals surface area contributed by atoms with Crippen molar-refractivity contribution in [2.75, 3.05) is 0 Å². The first-order valence-electron chi connectivity index (χ1n) is 5.69. The maximum Gasteiger partial charge on any atom is 0.372 e. The number of aryl methyl sites for hydroxylation is 1. The number of sulfone groups is 1. The summed E-state index contributed by atoms with van der Waals surface area (Å²) in [5.74, 6) is -1.46. The summed E-state index contributed by atoms with van der Waals surface area (Å²) < 4.78 is 29.1. The third kappa shape index (κ3) is 3.13. The van der Waals surface area contributed by atoms with Crippen molar-refractivity contribution < 1.29 is 22.7 Å². The van der Waals surface area contributed by atoms with Crippen LogP contribution >= 0.6 is 0 Å². The number of hydrogen-bond donors (Lipinski definition) is 1. The van der Waals surface area contributed by atoms with Crippen molar-refractivity contribution in [1.29, 1.82) is 0 Å². The van der Waals surface area contributed by atoms with Gasteiger partial charge < -0.3 is 9.52 Å². The van der Waals surface area contributed by atoms with Crippen molar-refractivity contribution in [3.8, 4) is 0 Å². The first-order chi connectivity index (χ1) is 8.15. The Bertz CT molecular complexity index is 539. The highest BCUT2D eigenvalue weighted by molar-refractivity contribution is 7.91. The van der Waals surface area contributed by atoms with E-state index >= 15 is 0 Å². The van der Waals surface area contributed by atoms with Gasteiger partial charge in [0.1, 0.15) is 11.5 Å². The van der Waals surface area contributed by atoms with E-state index in [0.717, 1.165) is 0 Å². The number of hydrogen-bond acceptors (Lipinski definition) is 4. The summed E-state index contributed by atoms with van der Waals surface area (Å²) in [6.07, 6.45) is 0. The van der Waals surface area contributed by atoms with E-state index in [1.54, 1.807) is 13.8 Å². The van der Waals surface area contributed by atoms with Crippen LogP contribution in [0.25, 0.3) is 0 Å². The summed E-state index contributed by atoms with van der Waals surface area (Å²) in [4.78, 5) is 10.8. The van der Waals surface area contributed by atoms with Gasteiger partial charge in [-0.2, -0.15) is 0 Å². The molecule has 1 aromatic rings. The molecule has 0 saturated carbocycles. The van der Waals surface area contributed by atoms with Gasteiger partial charge in [-0.05, 0) is 25.8 Å². The monoisotopic (exact) mass is 274 g/mol. The van der Waals surface area contributed by atoms with Crippen molar-refractivity contribution in [3.05, 3.63) is 23.2 Å². The van der Waals surface area contributed by atoms with Crippen LogP contribution in [0.4, 0.5) is 0 Å². The van der Waals surface area contributed by atoms with Crippen molar-refractivity contribution in [1.82, 2.24) is 0 Å². The SMILES string of the molecule is Cc1cc(CS(=O)(=O)C(C)C(C)C)oc1C(=O)O. The predicted octanol–water partition coefficient (Wildman–Crippen LogP) is 2.25. The highest BCUT2D eigenvalue weighted by Crippen LogP contribution is 2.21. The summed E-state index contributed by atoms with van der Waals surface area (Å²) in [5, 5.41) is 8.34. The van der Waals surface area contributed by atoms with Crippen LogP contribution in [-0.2, 0) is 15.6 Å². The molecule has 0 radical (unpaired) electrons. The van der Waals surface area contributed by atoms with Crippen LogP contribution in [0.2, 0.25) is 0 Å². The van der Waals surface area contributed by atoms with Crippen LogP contribution < -0.4 is 0 Å². The maximum absolute atomic E-state index is 12.0. The Labute approximate surface area is 107 Å². The summed E-state index contributed by atoms with van der Waals surface area (Å²) in [7, 11) is -3.33. The second-order valence-electron chi connectivity index (χ2n) is 4.79. The van der Waals surface area contributed by atoms with Crippen LogP contribution in [0.15, 0.2) is 10.5 Å². The third-order valence-corrected chi connectivity index (χ3v) is 5.38. The standard InChI is InChI=1S/C12H18O5S/c1-7(2)9(4)18(15,16)6-10-5-8(3)11(17-10)12(13)14/h5,7,9H,6H2,1-4H3,(H,13,14). The first-order valence-corrected chi connectivity index (χ1v) is 7.41. The molecule has 0 amide bonds. The van der Waals surface area contributed by atoms with Gasteiger partial charge in [0.25, 0.3) is 0 Å². The molecule has 0 bridgehead atoms. The van der Waals surface area contributed by atoms with Crippen LogP contribution in [0.1, 0.15) is 42.6 Å². The van der Waals surface area contributed by atoms with Gasteiger partial charge in [-0.15, -0.1) is 0 Å².